The van der Waals surface area contributed by atoms with Crippen molar-refractivity contribution in [3.63, 3.8) is 0 Å². The Bertz CT molecular complexity index is 1420. The van der Waals surface area contributed by atoms with Gasteiger partial charge in [0.2, 0.25) is 0 Å². The highest BCUT2D eigenvalue weighted by Gasteiger charge is 2.38. The number of hydrogen-bond acceptors (Lipinski definition) is 7. The first-order valence-electron chi connectivity index (χ1n) is 8.69. The predicted molar refractivity (Wildman–Crippen MR) is 109 cm³/mol. The van der Waals surface area contributed by atoms with Gasteiger partial charge in [-0.2, -0.15) is 4.98 Å². The Morgan fingerprint density at radius 2 is 1.67 bits per heavy atom. The van der Waals surface area contributed by atoms with Crippen LogP contribution in [0.1, 0.15) is 20.7 Å². The second-order valence-electron chi connectivity index (χ2n) is 6.50. The highest BCUT2D eigenvalue weighted by Crippen LogP contribution is 2.30. The molecule has 2 aromatic carbocycles. The van der Waals surface area contributed by atoms with Crippen molar-refractivity contribution in [3.8, 4) is 11.3 Å². The quantitative estimate of drug-likeness (QED) is 0.287. The van der Waals surface area contributed by atoms with E-state index in [0.717, 1.165) is 4.90 Å². The van der Waals surface area contributed by atoms with Gasteiger partial charge in [0.25, 0.3) is 23.1 Å². The van der Waals surface area contributed by atoms with E-state index in [2.05, 4.69) is 4.98 Å². The average Bonchev–Trinajstić information content (AvgIpc) is 3.26. The molecule has 0 radical (unpaired) electrons. The van der Waals surface area contributed by atoms with Crippen LogP contribution < -0.4 is 10.5 Å². The number of hydrogen-bond donors (Lipinski definition) is 0. The highest BCUT2D eigenvalue weighted by molar-refractivity contribution is 7.15. The molecule has 2 amide bonds. The third-order valence-corrected chi connectivity index (χ3v) is 5.64. The van der Waals surface area contributed by atoms with Gasteiger partial charge < -0.3 is 0 Å². The Morgan fingerprint density at radius 1 is 0.967 bits per heavy atom. The molecule has 0 atom stereocenters. The van der Waals surface area contributed by atoms with Crippen LogP contribution in [0.3, 0.4) is 0 Å². The Balaban J connectivity index is 1.68. The molecule has 0 N–H and O–H groups in total. The van der Waals surface area contributed by atoms with Crippen LogP contribution >= 0.6 is 11.3 Å². The van der Waals surface area contributed by atoms with Crippen LogP contribution in [0.2, 0.25) is 0 Å². The summed E-state index contributed by atoms with van der Waals surface area (Å²) < 4.78 is 1.55. The minimum absolute atomic E-state index is 0.0820. The van der Waals surface area contributed by atoms with E-state index in [1.165, 1.54) is 41.8 Å². The number of rotatable bonds is 3. The molecule has 146 valence electrons. The van der Waals surface area contributed by atoms with Crippen LogP contribution in [-0.4, -0.2) is 26.1 Å². The number of fused-ring (bicyclic) bond motifs is 2. The van der Waals surface area contributed by atoms with Gasteiger partial charge in [-0.05, 0) is 12.1 Å². The Labute approximate surface area is 171 Å². The van der Waals surface area contributed by atoms with Crippen molar-refractivity contribution >= 4 is 39.5 Å². The number of aromatic nitrogens is 2. The number of nitro benzene ring substituents is 1. The van der Waals surface area contributed by atoms with E-state index in [1.54, 1.807) is 34.0 Å². The number of nitrogens with zero attached hydrogens (tertiary/aromatic N) is 4. The molecule has 0 saturated heterocycles. The standard InChI is InChI=1S/C20H10N4O5S/c25-17-15(23-18(26)13-6-1-2-7-14(13)19(23)27)9-22-16(10-30-20(22)21-17)11-4-3-5-12(8-11)24(28)29/h1-10H. The average molecular weight is 418 g/mol. The number of carbonyl (C=O) groups is 2. The van der Waals surface area contributed by atoms with Crippen LogP contribution in [0.4, 0.5) is 11.4 Å². The molecule has 5 rings (SSSR count). The second-order valence-corrected chi connectivity index (χ2v) is 7.34. The zero-order valence-electron chi connectivity index (χ0n) is 15.0. The molecule has 30 heavy (non-hydrogen) atoms. The van der Waals surface area contributed by atoms with Crippen molar-refractivity contribution in [2.75, 3.05) is 4.90 Å². The molecule has 0 spiro atoms. The Morgan fingerprint density at radius 3 is 2.33 bits per heavy atom. The number of amides is 2. The van der Waals surface area contributed by atoms with Crippen molar-refractivity contribution in [1.29, 1.82) is 0 Å². The van der Waals surface area contributed by atoms with Gasteiger partial charge in [0.05, 0.1) is 21.7 Å². The van der Waals surface area contributed by atoms with Gasteiger partial charge in [0, 0.05) is 29.3 Å². The van der Waals surface area contributed by atoms with Gasteiger partial charge in [-0.25, -0.2) is 4.90 Å². The van der Waals surface area contributed by atoms with Gasteiger partial charge in [0.15, 0.2) is 4.96 Å². The first-order chi connectivity index (χ1) is 14.5. The third-order valence-electron chi connectivity index (χ3n) is 4.80. The number of carbonyl (C=O) groups excluding carboxylic acids is 2. The van der Waals surface area contributed by atoms with Crippen LogP contribution in [0, 0.1) is 10.1 Å². The summed E-state index contributed by atoms with van der Waals surface area (Å²) in [5.41, 5.74) is 0.549. The van der Waals surface area contributed by atoms with Crippen molar-refractivity contribution < 1.29 is 14.5 Å². The molecule has 0 fully saturated rings. The molecule has 10 heteroatoms. The van der Waals surface area contributed by atoms with Crippen LogP contribution in [0.25, 0.3) is 16.2 Å². The monoisotopic (exact) mass is 418 g/mol. The van der Waals surface area contributed by atoms with Crippen LogP contribution in [0.5, 0.6) is 0 Å². The number of non-ortho nitro benzene ring substituents is 1. The van der Waals surface area contributed by atoms with Crippen molar-refractivity contribution in [2.45, 2.75) is 0 Å². The van der Waals surface area contributed by atoms with E-state index in [4.69, 9.17) is 0 Å². The fourth-order valence-corrected chi connectivity index (χ4v) is 4.27. The van der Waals surface area contributed by atoms with Gasteiger partial charge in [0.1, 0.15) is 5.69 Å². The number of anilines is 1. The highest BCUT2D eigenvalue weighted by atomic mass is 32.1. The van der Waals surface area contributed by atoms with E-state index in [9.17, 15) is 24.5 Å². The maximum Gasteiger partial charge on any atom is 0.298 e. The molecule has 0 aliphatic carbocycles. The molecule has 3 heterocycles. The summed E-state index contributed by atoms with van der Waals surface area (Å²) in [6.07, 6.45) is 1.37. The van der Waals surface area contributed by atoms with E-state index in [0.29, 0.717) is 16.2 Å². The van der Waals surface area contributed by atoms with Crippen molar-refractivity contribution in [3.05, 3.63) is 91.7 Å². The molecule has 2 aromatic heterocycles. The maximum atomic E-state index is 12.8. The van der Waals surface area contributed by atoms with Crippen LogP contribution in [-0.2, 0) is 0 Å². The van der Waals surface area contributed by atoms with Crippen molar-refractivity contribution in [2.24, 2.45) is 0 Å². The van der Waals surface area contributed by atoms with Gasteiger partial charge in [-0.3, -0.25) is 28.9 Å². The van der Waals surface area contributed by atoms with Crippen molar-refractivity contribution in [1.82, 2.24) is 9.38 Å². The van der Waals surface area contributed by atoms with Gasteiger partial charge in [-0.15, -0.1) is 11.3 Å². The third kappa shape index (κ3) is 2.54. The molecule has 9 nitrogen and oxygen atoms in total. The molecule has 1 aliphatic heterocycles. The van der Waals surface area contributed by atoms with Crippen LogP contribution in [0.15, 0.2) is 64.9 Å². The fraction of sp³-hybridized carbons (Fsp3) is 0. The van der Waals surface area contributed by atoms with E-state index >= 15 is 0 Å². The maximum absolute atomic E-state index is 12.8. The number of thiazole rings is 1. The molecule has 0 bridgehead atoms. The minimum Gasteiger partial charge on any atom is -0.289 e. The fourth-order valence-electron chi connectivity index (χ4n) is 3.40. The Hall–Kier alpha value is -4.18. The summed E-state index contributed by atoms with van der Waals surface area (Å²) in [7, 11) is 0. The summed E-state index contributed by atoms with van der Waals surface area (Å²) in [5, 5.41) is 12.8. The summed E-state index contributed by atoms with van der Waals surface area (Å²) in [5.74, 6) is -1.19. The second kappa shape index (κ2) is 6.42. The predicted octanol–water partition coefficient (Wildman–Crippen LogP) is 3.13. The molecule has 0 saturated carbocycles. The summed E-state index contributed by atoms with van der Waals surface area (Å²) in [4.78, 5) is 53.9. The number of nitro groups is 1. The summed E-state index contributed by atoms with van der Waals surface area (Å²) >= 11 is 1.17. The first kappa shape index (κ1) is 17.9. The molecular weight excluding hydrogens is 408 g/mol. The van der Waals surface area contributed by atoms with E-state index in [1.807, 2.05) is 0 Å². The molecule has 0 unspecified atom stereocenters. The largest absolute Gasteiger partial charge is 0.298 e. The number of imide groups is 1. The van der Waals surface area contributed by atoms with E-state index in [-0.39, 0.29) is 22.5 Å². The molecular formula is C20H10N4O5S. The lowest BCUT2D eigenvalue weighted by molar-refractivity contribution is -0.384. The zero-order valence-corrected chi connectivity index (χ0v) is 15.8. The summed E-state index contributed by atoms with van der Waals surface area (Å²) in [6.45, 7) is 0. The summed E-state index contributed by atoms with van der Waals surface area (Å²) in [6, 6.07) is 12.4. The van der Waals surface area contributed by atoms with Gasteiger partial charge >= 0.3 is 0 Å². The van der Waals surface area contributed by atoms with Gasteiger partial charge in [-0.1, -0.05) is 24.3 Å². The number of benzene rings is 2. The smallest absolute Gasteiger partial charge is 0.289 e. The molecule has 1 aliphatic rings. The first-order valence-corrected chi connectivity index (χ1v) is 9.57. The zero-order chi connectivity index (χ0) is 21.0. The topological polar surface area (TPSA) is 115 Å². The normalized spacial score (nSPS) is 13.1. The SMILES string of the molecule is O=C1c2ccccc2C(=O)N1c1cn2c(-c3cccc([N+](=O)[O-])c3)csc2nc1=O. The Kier molecular flexibility index (Phi) is 3.83. The lowest BCUT2D eigenvalue weighted by Crippen LogP contribution is -2.34. The van der Waals surface area contributed by atoms with E-state index < -0.39 is 22.3 Å². The molecule has 4 aromatic rings. The lowest BCUT2D eigenvalue weighted by atomic mass is 10.1. The lowest BCUT2D eigenvalue weighted by Gasteiger charge is -2.13. The minimum atomic E-state index is -0.711.